The normalized spacial score (nSPS) is 11.5. The summed E-state index contributed by atoms with van der Waals surface area (Å²) in [5, 5.41) is 8.67. The number of hydrogen-bond acceptors (Lipinski definition) is 1. The number of hydrogen-bond donors (Lipinski definition) is 1. The number of carbonyl (C=O) groups is 1. The Kier molecular flexibility index (Phi) is 4.10. The van der Waals surface area contributed by atoms with Crippen LogP contribution in [0.15, 0.2) is 35.9 Å². The lowest BCUT2D eigenvalue weighted by Gasteiger charge is -2.02. The Balaban J connectivity index is 2.55. The molecule has 0 aliphatic carbocycles. The maximum absolute atomic E-state index is 10.5. The first kappa shape index (κ1) is 11.5. The molecule has 0 atom stereocenters. The topological polar surface area (TPSA) is 37.3 Å². The molecule has 2 nitrogen and oxygen atoms in total. The minimum Gasteiger partial charge on any atom is -0.478 e. The van der Waals surface area contributed by atoms with Gasteiger partial charge in [0.1, 0.15) is 0 Å². The third kappa shape index (κ3) is 3.58. The van der Waals surface area contributed by atoms with Crippen LogP contribution in [0.25, 0.3) is 0 Å². The first-order chi connectivity index (χ1) is 7.11. The maximum Gasteiger partial charge on any atom is 0.330 e. The zero-order valence-corrected chi connectivity index (χ0v) is 9.16. The van der Waals surface area contributed by atoms with E-state index >= 15 is 0 Å². The Morgan fingerprint density at radius 1 is 1.40 bits per heavy atom. The molecule has 2 heteroatoms. The SMILES string of the molecule is CC(=CCCc1ccccc1C)C(=O)O. The van der Waals surface area contributed by atoms with Gasteiger partial charge in [0.05, 0.1) is 0 Å². The van der Waals surface area contributed by atoms with Crippen molar-refractivity contribution in [1.82, 2.24) is 0 Å². The number of aryl methyl sites for hydroxylation is 2. The number of carboxylic acid groups (broad SMARTS) is 1. The molecule has 0 saturated heterocycles. The van der Waals surface area contributed by atoms with Gasteiger partial charge in [-0.05, 0) is 37.8 Å². The first-order valence-electron chi connectivity index (χ1n) is 5.06. The standard InChI is InChI=1S/C13H16O2/c1-10-6-3-4-8-12(10)9-5-7-11(2)13(14)15/h3-4,6-8H,5,9H2,1-2H3,(H,14,15). The maximum atomic E-state index is 10.5. The van der Waals surface area contributed by atoms with Crippen LogP contribution in [-0.4, -0.2) is 11.1 Å². The van der Waals surface area contributed by atoms with E-state index in [0.29, 0.717) is 5.57 Å². The van der Waals surface area contributed by atoms with Gasteiger partial charge in [-0.2, -0.15) is 0 Å². The predicted octanol–water partition coefficient (Wildman–Crippen LogP) is 2.96. The quantitative estimate of drug-likeness (QED) is 0.765. The Bertz CT molecular complexity index is 378. The van der Waals surface area contributed by atoms with E-state index in [1.807, 2.05) is 12.1 Å². The van der Waals surface area contributed by atoms with Crippen LogP contribution >= 0.6 is 0 Å². The molecular weight excluding hydrogens is 188 g/mol. The lowest BCUT2D eigenvalue weighted by molar-refractivity contribution is -0.132. The van der Waals surface area contributed by atoms with E-state index in [4.69, 9.17) is 5.11 Å². The summed E-state index contributed by atoms with van der Waals surface area (Å²) in [5.74, 6) is -0.834. The minimum absolute atomic E-state index is 0.420. The molecule has 80 valence electrons. The van der Waals surface area contributed by atoms with Crippen molar-refractivity contribution < 1.29 is 9.90 Å². The average Bonchev–Trinajstić information content (AvgIpc) is 2.20. The van der Waals surface area contributed by atoms with E-state index in [1.54, 1.807) is 13.0 Å². The summed E-state index contributed by atoms with van der Waals surface area (Å²) in [5.41, 5.74) is 2.97. The van der Waals surface area contributed by atoms with Gasteiger partial charge in [-0.25, -0.2) is 4.79 Å². The smallest absolute Gasteiger partial charge is 0.330 e. The molecular formula is C13H16O2. The summed E-state index contributed by atoms with van der Waals surface area (Å²) in [6.07, 6.45) is 3.45. The second-order valence-electron chi connectivity index (χ2n) is 3.66. The van der Waals surface area contributed by atoms with E-state index < -0.39 is 5.97 Å². The van der Waals surface area contributed by atoms with Crippen molar-refractivity contribution >= 4 is 5.97 Å². The number of carboxylic acids is 1. The van der Waals surface area contributed by atoms with Crippen molar-refractivity contribution in [2.45, 2.75) is 26.7 Å². The summed E-state index contributed by atoms with van der Waals surface area (Å²) >= 11 is 0. The number of benzene rings is 1. The molecule has 1 N–H and O–H groups in total. The van der Waals surface area contributed by atoms with Crippen molar-refractivity contribution in [3.8, 4) is 0 Å². The lowest BCUT2D eigenvalue weighted by atomic mass is 10.0. The highest BCUT2D eigenvalue weighted by Crippen LogP contribution is 2.10. The van der Waals surface area contributed by atoms with E-state index in [9.17, 15) is 4.79 Å². The van der Waals surface area contributed by atoms with Gasteiger partial charge in [0.25, 0.3) is 0 Å². The molecule has 0 amide bonds. The highest BCUT2D eigenvalue weighted by Gasteiger charge is 1.99. The third-order valence-electron chi connectivity index (χ3n) is 2.46. The van der Waals surface area contributed by atoms with Crippen LogP contribution < -0.4 is 0 Å². The highest BCUT2D eigenvalue weighted by atomic mass is 16.4. The summed E-state index contributed by atoms with van der Waals surface area (Å²) in [6, 6.07) is 8.18. The van der Waals surface area contributed by atoms with Gasteiger partial charge in [-0.15, -0.1) is 0 Å². The largest absolute Gasteiger partial charge is 0.478 e. The summed E-state index contributed by atoms with van der Waals surface area (Å²) in [6.45, 7) is 3.70. The van der Waals surface area contributed by atoms with Crippen LogP contribution in [0.5, 0.6) is 0 Å². The van der Waals surface area contributed by atoms with Crippen molar-refractivity contribution in [3.63, 3.8) is 0 Å². The van der Waals surface area contributed by atoms with Gasteiger partial charge in [-0.3, -0.25) is 0 Å². The molecule has 0 saturated carbocycles. The van der Waals surface area contributed by atoms with Crippen molar-refractivity contribution in [1.29, 1.82) is 0 Å². The summed E-state index contributed by atoms with van der Waals surface area (Å²) in [7, 11) is 0. The predicted molar refractivity (Wildman–Crippen MR) is 60.9 cm³/mol. The highest BCUT2D eigenvalue weighted by molar-refractivity contribution is 5.85. The van der Waals surface area contributed by atoms with Gasteiger partial charge in [0.2, 0.25) is 0 Å². The summed E-state index contributed by atoms with van der Waals surface area (Å²) in [4.78, 5) is 10.5. The Morgan fingerprint density at radius 3 is 2.67 bits per heavy atom. The zero-order valence-electron chi connectivity index (χ0n) is 9.16. The van der Waals surface area contributed by atoms with E-state index in [-0.39, 0.29) is 0 Å². The fourth-order valence-electron chi connectivity index (χ4n) is 1.42. The Morgan fingerprint density at radius 2 is 2.07 bits per heavy atom. The molecule has 0 aliphatic rings. The van der Waals surface area contributed by atoms with Gasteiger partial charge < -0.3 is 5.11 Å². The molecule has 0 spiro atoms. The van der Waals surface area contributed by atoms with Crippen LogP contribution in [0.1, 0.15) is 24.5 Å². The van der Waals surface area contributed by atoms with Gasteiger partial charge >= 0.3 is 5.97 Å². The van der Waals surface area contributed by atoms with Crippen LogP contribution in [-0.2, 0) is 11.2 Å². The van der Waals surface area contributed by atoms with Crippen LogP contribution in [0.3, 0.4) is 0 Å². The molecule has 0 unspecified atom stereocenters. The molecule has 1 aromatic rings. The van der Waals surface area contributed by atoms with Crippen molar-refractivity contribution in [3.05, 3.63) is 47.0 Å². The number of allylic oxidation sites excluding steroid dienone is 1. The lowest BCUT2D eigenvalue weighted by Crippen LogP contribution is -1.96. The monoisotopic (exact) mass is 204 g/mol. The Labute approximate surface area is 90.3 Å². The molecule has 1 rings (SSSR count). The molecule has 0 heterocycles. The fraction of sp³-hybridized carbons (Fsp3) is 0.308. The van der Waals surface area contributed by atoms with Gasteiger partial charge in [0, 0.05) is 5.57 Å². The van der Waals surface area contributed by atoms with E-state index in [2.05, 4.69) is 19.1 Å². The number of aliphatic carboxylic acids is 1. The van der Waals surface area contributed by atoms with Crippen LogP contribution in [0.4, 0.5) is 0 Å². The molecule has 0 bridgehead atoms. The third-order valence-corrected chi connectivity index (χ3v) is 2.46. The molecule has 0 fully saturated rings. The second-order valence-corrected chi connectivity index (χ2v) is 3.66. The number of rotatable bonds is 4. The molecule has 1 aromatic carbocycles. The van der Waals surface area contributed by atoms with Crippen LogP contribution in [0, 0.1) is 6.92 Å². The molecule has 0 radical (unpaired) electrons. The minimum atomic E-state index is -0.834. The molecule has 0 aliphatic heterocycles. The van der Waals surface area contributed by atoms with Crippen LogP contribution in [0.2, 0.25) is 0 Å². The average molecular weight is 204 g/mol. The van der Waals surface area contributed by atoms with E-state index in [0.717, 1.165) is 12.8 Å². The molecule has 0 aromatic heterocycles. The van der Waals surface area contributed by atoms with Crippen molar-refractivity contribution in [2.24, 2.45) is 0 Å². The summed E-state index contributed by atoms with van der Waals surface area (Å²) < 4.78 is 0. The second kappa shape index (κ2) is 5.35. The zero-order chi connectivity index (χ0) is 11.3. The van der Waals surface area contributed by atoms with Crippen molar-refractivity contribution in [2.75, 3.05) is 0 Å². The molecule has 15 heavy (non-hydrogen) atoms. The van der Waals surface area contributed by atoms with E-state index in [1.165, 1.54) is 11.1 Å². The Hall–Kier alpha value is -1.57. The van der Waals surface area contributed by atoms with Gasteiger partial charge in [-0.1, -0.05) is 30.3 Å². The van der Waals surface area contributed by atoms with Gasteiger partial charge in [0.15, 0.2) is 0 Å². The fourth-order valence-corrected chi connectivity index (χ4v) is 1.42. The first-order valence-corrected chi connectivity index (χ1v) is 5.06.